The Kier molecular flexibility index (Phi) is 4.61. The van der Waals surface area contributed by atoms with E-state index in [-0.39, 0.29) is 11.9 Å². The van der Waals surface area contributed by atoms with Crippen LogP contribution < -0.4 is 5.32 Å². The topological polar surface area (TPSA) is 54.9 Å². The van der Waals surface area contributed by atoms with Crippen LogP contribution in [-0.4, -0.2) is 21.9 Å². The zero-order valence-corrected chi connectivity index (χ0v) is 10.9. The number of nitrogens with one attached hydrogen (secondary N) is 1. The maximum absolute atomic E-state index is 11.9. The molecule has 19 heavy (non-hydrogen) atoms. The largest absolute Gasteiger partial charge is 0.348 e. The van der Waals surface area contributed by atoms with Crippen LogP contribution in [0.3, 0.4) is 0 Å². The number of amides is 1. The molecule has 0 spiro atoms. The van der Waals surface area contributed by atoms with E-state index in [0.29, 0.717) is 5.69 Å². The summed E-state index contributed by atoms with van der Waals surface area (Å²) in [6.07, 6.45) is 6.39. The third-order valence-electron chi connectivity index (χ3n) is 2.88. The molecule has 0 aliphatic heterocycles. The first-order chi connectivity index (χ1) is 9.25. The van der Waals surface area contributed by atoms with Gasteiger partial charge in [0.25, 0.3) is 5.91 Å². The van der Waals surface area contributed by atoms with Crippen molar-refractivity contribution in [3.05, 3.63) is 60.2 Å². The van der Waals surface area contributed by atoms with Crippen molar-refractivity contribution in [1.29, 1.82) is 0 Å². The Bertz CT molecular complexity index is 513. The fourth-order valence-corrected chi connectivity index (χ4v) is 1.81. The summed E-state index contributed by atoms with van der Waals surface area (Å²) in [6, 6.07) is 10.3. The van der Waals surface area contributed by atoms with Crippen LogP contribution in [0.4, 0.5) is 0 Å². The first-order valence-electron chi connectivity index (χ1n) is 6.36. The summed E-state index contributed by atoms with van der Waals surface area (Å²) >= 11 is 0. The number of aromatic nitrogens is 2. The predicted octanol–water partition coefficient (Wildman–Crippen LogP) is 2.23. The summed E-state index contributed by atoms with van der Waals surface area (Å²) in [6.45, 7) is 2.00. The second-order valence-corrected chi connectivity index (χ2v) is 4.49. The number of carbonyl (C=O) groups is 1. The van der Waals surface area contributed by atoms with Gasteiger partial charge in [0.2, 0.25) is 0 Å². The lowest BCUT2D eigenvalue weighted by Gasteiger charge is -2.13. The smallest absolute Gasteiger partial charge is 0.271 e. The Morgan fingerprint density at radius 3 is 2.74 bits per heavy atom. The van der Waals surface area contributed by atoms with E-state index in [2.05, 4.69) is 27.4 Å². The fraction of sp³-hybridized carbons (Fsp3) is 0.267. The number of hydrogen-bond donors (Lipinski definition) is 1. The lowest BCUT2D eigenvalue weighted by Crippen LogP contribution is -2.33. The van der Waals surface area contributed by atoms with Gasteiger partial charge in [-0.1, -0.05) is 30.3 Å². The molecule has 0 saturated heterocycles. The van der Waals surface area contributed by atoms with Crippen LogP contribution >= 0.6 is 0 Å². The third-order valence-corrected chi connectivity index (χ3v) is 2.88. The maximum Gasteiger partial charge on any atom is 0.271 e. The summed E-state index contributed by atoms with van der Waals surface area (Å²) < 4.78 is 0. The van der Waals surface area contributed by atoms with E-state index < -0.39 is 0 Å². The van der Waals surface area contributed by atoms with E-state index in [9.17, 15) is 4.79 Å². The molecule has 0 saturated carbocycles. The van der Waals surface area contributed by atoms with Gasteiger partial charge in [0.1, 0.15) is 5.69 Å². The van der Waals surface area contributed by atoms with Crippen LogP contribution in [0, 0.1) is 0 Å². The minimum Gasteiger partial charge on any atom is -0.348 e. The molecule has 0 bridgehead atoms. The highest BCUT2D eigenvalue weighted by Crippen LogP contribution is 2.05. The molecule has 1 amide bonds. The molecule has 1 N–H and O–H groups in total. The molecular weight excluding hydrogens is 238 g/mol. The maximum atomic E-state index is 11.9. The first-order valence-corrected chi connectivity index (χ1v) is 6.36. The van der Waals surface area contributed by atoms with Crippen LogP contribution in [0.1, 0.15) is 29.4 Å². The molecule has 1 heterocycles. The molecular formula is C15H17N3O. The lowest BCUT2D eigenvalue weighted by atomic mass is 10.1. The third kappa shape index (κ3) is 4.17. The van der Waals surface area contributed by atoms with Gasteiger partial charge in [-0.05, 0) is 25.3 Å². The van der Waals surface area contributed by atoms with Gasteiger partial charge in [0, 0.05) is 18.4 Å². The molecule has 0 fully saturated rings. The van der Waals surface area contributed by atoms with E-state index >= 15 is 0 Å². The van der Waals surface area contributed by atoms with E-state index in [0.717, 1.165) is 12.8 Å². The Morgan fingerprint density at radius 2 is 2.05 bits per heavy atom. The van der Waals surface area contributed by atoms with Crippen molar-refractivity contribution < 1.29 is 4.79 Å². The number of carbonyl (C=O) groups excluding carboxylic acids is 1. The fourth-order valence-electron chi connectivity index (χ4n) is 1.81. The number of aryl methyl sites for hydroxylation is 1. The molecule has 0 radical (unpaired) electrons. The Balaban J connectivity index is 1.81. The molecule has 1 aromatic heterocycles. The zero-order chi connectivity index (χ0) is 13.5. The Labute approximate surface area is 112 Å². The monoisotopic (exact) mass is 255 g/mol. The van der Waals surface area contributed by atoms with Gasteiger partial charge in [-0.3, -0.25) is 9.78 Å². The number of benzene rings is 1. The van der Waals surface area contributed by atoms with Crippen LogP contribution in [0.2, 0.25) is 0 Å². The van der Waals surface area contributed by atoms with Crippen molar-refractivity contribution in [1.82, 2.24) is 15.3 Å². The molecule has 0 aliphatic rings. The van der Waals surface area contributed by atoms with Crippen molar-refractivity contribution in [2.24, 2.45) is 0 Å². The molecule has 0 unspecified atom stereocenters. The second-order valence-electron chi connectivity index (χ2n) is 4.49. The van der Waals surface area contributed by atoms with Crippen LogP contribution in [0.25, 0.3) is 0 Å². The van der Waals surface area contributed by atoms with Gasteiger partial charge in [0.15, 0.2) is 0 Å². The molecule has 2 rings (SSSR count). The molecule has 98 valence electrons. The average molecular weight is 255 g/mol. The normalized spacial score (nSPS) is 11.8. The molecule has 0 aliphatic carbocycles. The SMILES string of the molecule is C[C@H](CCc1ccccc1)NC(=O)c1cnccn1. The minimum absolute atomic E-state index is 0.106. The highest BCUT2D eigenvalue weighted by atomic mass is 16.1. The molecule has 4 heteroatoms. The predicted molar refractivity (Wildman–Crippen MR) is 73.7 cm³/mol. The quantitative estimate of drug-likeness (QED) is 0.891. The molecule has 2 aromatic rings. The molecule has 1 aromatic carbocycles. The minimum atomic E-state index is -0.173. The van der Waals surface area contributed by atoms with Crippen molar-refractivity contribution in [2.45, 2.75) is 25.8 Å². The van der Waals surface area contributed by atoms with Gasteiger partial charge in [0.05, 0.1) is 6.20 Å². The van der Waals surface area contributed by atoms with Crippen molar-refractivity contribution in [2.75, 3.05) is 0 Å². The summed E-state index contributed by atoms with van der Waals surface area (Å²) in [5.41, 5.74) is 1.64. The van der Waals surface area contributed by atoms with E-state index in [1.807, 2.05) is 25.1 Å². The highest BCUT2D eigenvalue weighted by Gasteiger charge is 2.10. The summed E-state index contributed by atoms with van der Waals surface area (Å²) in [7, 11) is 0. The standard InChI is InChI=1S/C15H17N3O/c1-12(7-8-13-5-3-2-4-6-13)18-15(19)14-11-16-9-10-17-14/h2-6,9-12H,7-8H2,1H3,(H,18,19)/t12-/m1/s1. The van der Waals surface area contributed by atoms with E-state index in [1.54, 1.807) is 6.20 Å². The van der Waals surface area contributed by atoms with Gasteiger partial charge >= 0.3 is 0 Å². The van der Waals surface area contributed by atoms with E-state index in [4.69, 9.17) is 0 Å². The number of rotatable bonds is 5. The van der Waals surface area contributed by atoms with Crippen LogP contribution in [0.5, 0.6) is 0 Å². The lowest BCUT2D eigenvalue weighted by molar-refractivity contribution is 0.0933. The first kappa shape index (κ1) is 13.2. The number of hydrogen-bond acceptors (Lipinski definition) is 3. The zero-order valence-electron chi connectivity index (χ0n) is 10.9. The average Bonchev–Trinajstić information content (AvgIpc) is 2.47. The van der Waals surface area contributed by atoms with Gasteiger partial charge in [-0.25, -0.2) is 4.98 Å². The van der Waals surface area contributed by atoms with Crippen LogP contribution in [-0.2, 0) is 6.42 Å². The second kappa shape index (κ2) is 6.64. The van der Waals surface area contributed by atoms with Gasteiger partial charge in [-0.15, -0.1) is 0 Å². The number of nitrogens with zero attached hydrogens (tertiary/aromatic N) is 2. The summed E-state index contributed by atoms with van der Waals surface area (Å²) in [5.74, 6) is -0.173. The molecule has 4 nitrogen and oxygen atoms in total. The van der Waals surface area contributed by atoms with Gasteiger partial charge in [-0.2, -0.15) is 0 Å². The van der Waals surface area contributed by atoms with Crippen molar-refractivity contribution in [3.8, 4) is 0 Å². The van der Waals surface area contributed by atoms with Gasteiger partial charge < -0.3 is 5.32 Å². The van der Waals surface area contributed by atoms with E-state index in [1.165, 1.54) is 18.0 Å². The summed E-state index contributed by atoms with van der Waals surface area (Å²) in [4.78, 5) is 19.7. The van der Waals surface area contributed by atoms with Crippen molar-refractivity contribution in [3.63, 3.8) is 0 Å². The summed E-state index contributed by atoms with van der Waals surface area (Å²) in [5, 5.41) is 2.92. The Morgan fingerprint density at radius 1 is 1.26 bits per heavy atom. The Hall–Kier alpha value is -2.23. The molecule has 1 atom stereocenters. The highest BCUT2D eigenvalue weighted by molar-refractivity contribution is 5.92. The van der Waals surface area contributed by atoms with Crippen LogP contribution in [0.15, 0.2) is 48.9 Å². The van der Waals surface area contributed by atoms with Crippen molar-refractivity contribution >= 4 is 5.91 Å².